The van der Waals surface area contributed by atoms with Crippen LogP contribution in [0.25, 0.3) is 10.9 Å². The molecule has 26 heavy (non-hydrogen) atoms. The minimum absolute atomic E-state index is 0.198. The molecule has 0 aliphatic carbocycles. The number of amides is 1. The van der Waals surface area contributed by atoms with Gasteiger partial charge in [-0.15, -0.1) is 11.3 Å². The maximum absolute atomic E-state index is 12.8. The van der Waals surface area contributed by atoms with E-state index in [1.807, 2.05) is 22.5 Å². The summed E-state index contributed by atoms with van der Waals surface area (Å²) in [6, 6.07) is 12.5. The molecule has 4 rings (SSSR count). The Kier molecular flexibility index (Phi) is 5.00. The van der Waals surface area contributed by atoms with Crippen LogP contribution < -0.4 is 0 Å². The summed E-state index contributed by atoms with van der Waals surface area (Å²) in [6.07, 6.45) is 2.77. The molecule has 3 heterocycles. The van der Waals surface area contributed by atoms with Crippen molar-refractivity contribution in [2.45, 2.75) is 19.9 Å². The van der Waals surface area contributed by atoms with Crippen LogP contribution in [0, 0.1) is 0 Å². The second-order valence-electron chi connectivity index (χ2n) is 6.69. The van der Waals surface area contributed by atoms with Gasteiger partial charge in [0.15, 0.2) is 0 Å². The fraction of sp³-hybridized carbons (Fsp3) is 0.333. The zero-order valence-corrected chi connectivity index (χ0v) is 15.8. The normalized spacial score (nSPS) is 15.5. The van der Waals surface area contributed by atoms with E-state index in [0.717, 1.165) is 49.5 Å². The van der Waals surface area contributed by atoms with Crippen molar-refractivity contribution in [2.75, 3.05) is 26.2 Å². The molecule has 0 saturated carbocycles. The molecule has 1 saturated heterocycles. The molecule has 1 aliphatic heterocycles. The number of para-hydroxylation sites is 1. The molecule has 2 aromatic heterocycles. The third kappa shape index (κ3) is 3.37. The summed E-state index contributed by atoms with van der Waals surface area (Å²) in [5, 5.41) is 3.21. The lowest BCUT2D eigenvalue weighted by Crippen LogP contribution is -2.48. The highest BCUT2D eigenvalue weighted by molar-refractivity contribution is 7.12. The number of carbonyl (C=O) groups is 1. The molecule has 1 aromatic carbocycles. The van der Waals surface area contributed by atoms with Gasteiger partial charge in [-0.05, 0) is 35.1 Å². The Morgan fingerprint density at radius 3 is 2.69 bits per heavy atom. The number of piperazine rings is 1. The predicted octanol–water partition coefficient (Wildman–Crippen LogP) is 3.82. The zero-order valence-electron chi connectivity index (χ0n) is 15.0. The Labute approximate surface area is 158 Å². The van der Waals surface area contributed by atoms with Gasteiger partial charge in [0.1, 0.15) is 0 Å². The number of carbonyl (C=O) groups excluding carboxylic acids is 1. The molecule has 4 nitrogen and oxygen atoms in total. The van der Waals surface area contributed by atoms with Crippen molar-refractivity contribution in [3.8, 4) is 0 Å². The van der Waals surface area contributed by atoms with Crippen molar-refractivity contribution in [2.24, 2.45) is 0 Å². The molecule has 0 N–H and O–H groups in total. The highest BCUT2D eigenvalue weighted by atomic mass is 32.1. The van der Waals surface area contributed by atoms with Crippen LogP contribution >= 0.6 is 11.3 Å². The highest BCUT2D eigenvalue weighted by Crippen LogP contribution is 2.22. The molecule has 1 aliphatic rings. The molecule has 5 heteroatoms. The largest absolute Gasteiger partial charge is 0.335 e. The second-order valence-corrected chi connectivity index (χ2v) is 7.61. The van der Waals surface area contributed by atoms with Crippen molar-refractivity contribution in [3.05, 3.63) is 64.0 Å². The summed E-state index contributed by atoms with van der Waals surface area (Å²) in [5.41, 5.74) is 3.51. The third-order valence-corrected chi connectivity index (χ3v) is 6.04. The number of nitrogens with zero attached hydrogens (tertiary/aromatic N) is 3. The van der Waals surface area contributed by atoms with Gasteiger partial charge in [0.2, 0.25) is 0 Å². The van der Waals surface area contributed by atoms with Gasteiger partial charge in [0.05, 0.1) is 10.4 Å². The first-order chi connectivity index (χ1) is 12.8. The molecule has 134 valence electrons. The van der Waals surface area contributed by atoms with Crippen molar-refractivity contribution in [3.63, 3.8) is 0 Å². The van der Waals surface area contributed by atoms with E-state index in [2.05, 4.69) is 47.1 Å². The van der Waals surface area contributed by atoms with Gasteiger partial charge >= 0.3 is 0 Å². The van der Waals surface area contributed by atoms with Crippen LogP contribution in [0.2, 0.25) is 0 Å². The molecule has 1 amide bonds. The lowest BCUT2D eigenvalue weighted by Gasteiger charge is -2.34. The van der Waals surface area contributed by atoms with Crippen LogP contribution in [0.5, 0.6) is 0 Å². The first-order valence-electron chi connectivity index (χ1n) is 9.17. The van der Waals surface area contributed by atoms with E-state index in [1.54, 1.807) is 11.3 Å². The van der Waals surface area contributed by atoms with Crippen molar-refractivity contribution in [1.29, 1.82) is 0 Å². The van der Waals surface area contributed by atoms with Gasteiger partial charge in [-0.3, -0.25) is 14.7 Å². The lowest BCUT2D eigenvalue weighted by molar-refractivity contribution is 0.0632. The average Bonchev–Trinajstić information content (AvgIpc) is 3.17. The fourth-order valence-electron chi connectivity index (χ4n) is 3.59. The Morgan fingerprint density at radius 2 is 1.88 bits per heavy atom. The number of rotatable bonds is 4. The summed E-state index contributed by atoms with van der Waals surface area (Å²) in [7, 11) is 0. The van der Waals surface area contributed by atoms with Crippen LogP contribution in [0.15, 0.2) is 48.0 Å². The molecule has 1 fully saturated rings. The van der Waals surface area contributed by atoms with Gasteiger partial charge in [-0.2, -0.15) is 0 Å². The van der Waals surface area contributed by atoms with Crippen LogP contribution in [0.1, 0.15) is 27.7 Å². The van der Waals surface area contributed by atoms with Crippen LogP contribution in [-0.2, 0) is 13.0 Å². The van der Waals surface area contributed by atoms with Crippen molar-refractivity contribution in [1.82, 2.24) is 14.8 Å². The zero-order chi connectivity index (χ0) is 17.9. The quantitative estimate of drug-likeness (QED) is 0.705. The topological polar surface area (TPSA) is 36.4 Å². The van der Waals surface area contributed by atoms with Crippen LogP contribution in [0.4, 0.5) is 0 Å². The van der Waals surface area contributed by atoms with E-state index in [0.29, 0.717) is 0 Å². The molecule has 0 spiro atoms. The van der Waals surface area contributed by atoms with Crippen LogP contribution in [-0.4, -0.2) is 46.9 Å². The average molecular weight is 366 g/mol. The van der Waals surface area contributed by atoms with Gasteiger partial charge in [0, 0.05) is 44.3 Å². The Morgan fingerprint density at radius 1 is 1.08 bits per heavy atom. The van der Waals surface area contributed by atoms with Crippen molar-refractivity contribution >= 4 is 28.1 Å². The molecule has 3 aromatic rings. The van der Waals surface area contributed by atoms with E-state index in [9.17, 15) is 4.79 Å². The molecular weight excluding hydrogens is 342 g/mol. The summed E-state index contributed by atoms with van der Waals surface area (Å²) in [6.45, 7) is 6.38. The number of aromatic nitrogens is 1. The summed E-state index contributed by atoms with van der Waals surface area (Å²) >= 11 is 1.57. The highest BCUT2D eigenvalue weighted by Gasteiger charge is 2.24. The second kappa shape index (κ2) is 7.56. The number of hydrogen-bond donors (Lipinski definition) is 0. The third-order valence-electron chi connectivity index (χ3n) is 5.09. The molecule has 0 bridgehead atoms. The first-order valence-corrected chi connectivity index (χ1v) is 10.0. The van der Waals surface area contributed by atoms with Gasteiger partial charge in [-0.1, -0.05) is 31.2 Å². The maximum atomic E-state index is 12.8. The van der Waals surface area contributed by atoms with Gasteiger partial charge < -0.3 is 4.90 Å². The van der Waals surface area contributed by atoms with Gasteiger partial charge in [0.25, 0.3) is 5.91 Å². The summed E-state index contributed by atoms with van der Waals surface area (Å²) in [5.74, 6) is 0.198. The fourth-order valence-corrected chi connectivity index (χ4v) is 4.55. The van der Waals surface area contributed by atoms with E-state index in [1.165, 1.54) is 16.5 Å². The monoisotopic (exact) mass is 365 g/mol. The molecule has 0 unspecified atom stereocenters. The number of aryl methyl sites for hydroxylation is 1. The van der Waals surface area contributed by atoms with E-state index in [-0.39, 0.29) is 5.91 Å². The molecular formula is C21H23N3OS. The number of benzene rings is 1. The lowest BCUT2D eigenvalue weighted by atomic mass is 10.1. The van der Waals surface area contributed by atoms with Gasteiger partial charge in [-0.25, -0.2) is 0 Å². The maximum Gasteiger partial charge on any atom is 0.264 e. The number of hydrogen-bond acceptors (Lipinski definition) is 4. The Bertz CT molecular complexity index is 907. The van der Waals surface area contributed by atoms with Crippen molar-refractivity contribution < 1.29 is 4.79 Å². The molecule has 0 radical (unpaired) electrons. The minimum atomic E-state index is 0.198. The first kappa shape index (κ1) is 17.2. The number of pyridine rings is 1. The Hall–Kier alpha value is -2.24. The summed E-state index contributed by atoms with van der Waals surface area (Å²) in [4.78, 5) is 22.7. The summed E-state index contributed by atoms with van der Waals surface area (Å²) < 4.78 is 0. The SMILES string of the molecule is CCc1ccsc1C(=O)N1CCN(Cc2cccc3cccnc23)CC1. The van der Waals surface area contributed by atoms with E-state index in [4.69, 9.17) is 0 Å². The smallest absolute Gasteiger partial charge is 0.264 e. The van der Waals surface area contributed by atoms with Crippen LogP contribution in [0.3, 0.4) is 0 Å². The standard InChI is InChI=1S/C21H23N3OS/c1-2-16-8-14-26-20(16)21(25)24-12-10-23(11-13-24)15-18-6-3-5-17-7-4-9-22-19(17)18/h3-9,14H,2,10-13,15H2,1H3. The number of thiophene rings is 1. The molecule has 0 atom stereocenters. The number of fused-ring (bicyclic) bond motifs is 1. The van der Waals surface area contributed by atoms with E-state index < -0.39 is 0 Å². The predicted molar refractivity (Wildman–Crippen MR) is 107 cm³/mol. The minimum Gasteiger partial charge on any atom is -0.335 e. The van der Waals surface area contributed by atoms with E-state index >= 15 is 0 Å². The Balaban J connectivity index is 1.41.